The first-order valence-electron chi connectivity index (χ1n) is 7.32. The predicted octanol–water partition coefficient (Wildman–Crippen LogP) is 3.69. The second-order valence-electron chi connectivity index (χ2n) is 5.01. The molecule has 0 spiro atoms. The smallest absolute Gasteiger partial charge is 0.0898 e. The van der Waals surface area contributed by atoms with Crippen molar-refractivity contribution in [3.05, 3.63) is 45.7 Å². The zero-order valence-electron chi connectivity index (χ0n) is 12.5. The summed E-state index contributed by atoms with van der Waals surface area (Å²) in [5.41, 5.74) is 3.56. The zero-order chi connectivity index (χ0) is 14.4. The molecule has 4 heteroatoms. The Balaban J connectivity index is 2.10. The van der Waals surface area contributed by atoms with Gasteiger partial charge in [0.05, 0.1) is 16.7 Å². The minimum Gasteiger partial charge on any atom is -0.308 e. The van der Waals surface area contributed by atoms with Crippen molar-refractivity contribution in [2.75, 3.05) is 6.54 Å². The average molecular weight is 289 g/mol. The van der Waals surface area contributed by atoms with Crippen molar-refractivity contribution in [1.82, 2.24) is 15.3 Å². The first-order chi connectivity index (χ1) is 9.72. The lowest BCUT2D eigenvalue weighted by molar-refractivity contribution is 0.514. The molecule has 2 aromatic heterocycles. The molecule has 2 heterocycles. The highest BCUT2D eigenvalue weighted by Gasteiger charge is 2.15. The van der Waals surface area contributed by atoms with Crippen molar-refractivity contribution in [2.24, 2.45) is 0 Å². The molecule has 1 unspecified atom stereocenters. The van der Waals surface area contributed by atoms with Crippen LogP contribution in [0.1, 0.15) is 48.3 Å². The molecule has 1 atom stereocenters. The van der Waals surface area contributed by atoms with Gasteiger partial charge in [0.15, 0.2) is 0 Å². The van der Waals surface area contributed by atoms with E-state index in [0.717, 1.165) is 42.2 Å². The lowest BCUT2D eigenvalue weighted by Crippen LogP contribution is -2.24. The highest BCUT2D eigenvalue weighted by atomic mass is 32.1. The van der Waals surface area contributed by atoms with E-state index in [1.165, 1.54) is 5.56 Å². The van der Waals surface area contributed by atoms with Crippen LogP contribution in [-0.2, 0) is 12.8 Å². The van der Waals surface area contributed by atoms with Crippen LogP contribution in [0.4, 0.5) is 0 Å². The van der Waals surface area contributed by atoms with E-state index in [4.69, 9.17) is 0 Å². The van der Waals surface area contributed by atoms with E-state index < -0.39 is 0 Å². The van der Waals surface area contributed by atoms with Crippen molar-refractivity contribution >= 4 is 11.3 Å². The Labute approximate surface area is 125 Å². The molecule has 0 aliphatic rings. The van der Waals surface area contributed by atoms with Crippen molar-refractivity contribution in [3.8, 4) is 0 Å². The highest BCUT2D eigenvalue weighted by Crippen LogP contribution is 2.20. The fourth-order valence-electron chi connectivity index (χ4n) is 2.13. The topological polar surface area (TPSA) is 37.8 Å². The maximum absolute atomic E-state index is 4.62. The number of pyridine rings is 1. The third kappa shape index (κ3) is 4.12. The van der Waals surface area contributed by atoms with Crippen LogP contribution in [0.2, 0.25) is 0 Å². The Hall–Kier alpha value is -1.26. The summed E-state index contributed by atoms with van der Waals surface area (Å²) in [7, 11) is 0. The second-order valence-corrected chi connectivity index (χ2v) is 6.08. The summed E-state index contributed by atoms with van der Waals surface area (Å²) in [6, 6.07) is 4.57. The molecule has 0 saturated heterocycles. The van der Waals surface area contributed by atoms with Gasteiger partial charge in [-0.1, -0.05) is 19.9 Å². The minimum absolute atomic E-state index is 0.264. The number of rotatable bonds is 7. The molecule has 0 aliphatic heterocycles. The van der Waals surface area contributed by atoms with Gasteiger partial charge in [0.2, 0.25) is 0 Å². The molecule has 108 valence electrons. The highest BCUT2D eigenvalue weighted by molar-refractivity contribution is 7.09. The number of hydrogen-bond donors (Lipinski definition) is 1. The van der Waals surface area contributed by atoms with Gasteiger partial charge >= 0.3 is 0 Å². The van der Waals surface area contributed by atoms with Crippen LogP contribution in [0, 0.1) is 6.92 Å². The van der Waals surface area contributed by atoms with Crippen LogP contribution in [0.25, 0.3) is 0 Å². The van der Waals surface area contributed by atoms with Gasteiger partial charge in [-0.2, -0.15) is 0 Å². The van der Waals surface area contributed by atoms with Gasteiger partial charge in [0.1, 0.15) is 0 Å². The number of nitrogens with one attached hydrogen (secondary N) is 1. The average Bonchev–Trinajstić information content (AvgIpc) is 2.90. The van der Waals surface area contributed by atoms with Gasteiger partial charge < -0.3 is 5.32 Å². The Morgan fingerprint density at radius 1 is 1.30 bits per heavy atom. The first-order valence-corrected chi connectivity index (χ1v) is 8.20. The van der Waals surface area contributed by atoms with Gasteiger partial charge in [-0.3, -0.25) is 4.98 Å². The molecule has 1 N–H and O–H groups in total. The van der Waals surface area contributed by atoms with Crippen molar-refractivity contribution in [3.63, 3.8) is 0 Å². The normalized spacial score (nSPS) is 12.6. The molecule has 0 aliphatic carbocycles. The van der Waals surface area contributed by atoms with Gasteiger partial charge in [0.25, 0.3) is 0 Å². The van der Waals surface area contributed by atoms with E-state index >= 15 is 0 Å². The molecule has 0 fully saturated rings. The molecular formula is C16H23N3S. The zero-order valence-corrected chi connectivity index (χ0v) is 13.3. The largest absolute Gasteiger partial charge is 0.308 e. The summed E-state index contributed by atoms with van der Waals surface area (Å²) >= 11 is 1.71. The molecule has 2 rings (SSSR count). The predicted molar refractivity (Wildman–Crippen MR) is 85.2 cm³/mol. The molecule has 0 bridgehead atoms. The van der Waals surface area contributed by atoms with Crippen molar-refractivity contribution in [1.29, 1.82) is 0 Å². The number of thiazole rings is 1. The van der Waals surface area contributed by atoms with E-state index in [1.54, 1.807) is 11.3 Å². The summed E-state index contributed by atoms with van der Waals surface area (Å²) in [6.07, 6.45) is 5.05. The van der Waals surface area contributed by atoms with Crippen LogP contribution >= 0.6 is 11.3 Å². The molecule has 3 nitrogen and oxygen atoms in total. The van der Waals surface area contributed by atoms with Gasteiger partial charge in [-0.15, -0.1) is 11.3 Å². The molecule has 0 amide bonds. The van der Waals surface area contributed by atoms with E-state index in [2.05, 4.69) is 53.6 Å². The molecule has 0 saturated carbocycles. The molecule has 20 heavy (non-hydrogen) atoms. The lowest BCUT2D eigenvalue weighted by atomic mass is 10.1. The summed E-state index contributed by atoms with van der Waals surface area (Å²) < 4.78 is 0. The third-order valence-corrected chi connectivity index (χ3v) is 4.13. The van der Waals surface area contributed by atoms with Crippen LogP contribution < -0.4 is 5.32 Å². The molecule has 2 aromatic rings. The van der Waals surface area contributed by atoms with Crippen molar-refractivity contribution in [2.45, 2.75) is 46.1 Å². The molecule has 0 radical (unpaired) electrons. The van der Waals surface area contributed by atoms with Gasteiger partial charge in [-0.25, -0.2) is 4.98 Å². The van der Waals surface area contributed by atoms with E-state index in [0.29, 0.717) is 0 Å². The third-order valence-electron chi connectivity index (χ3n) is 3.34. The Morgan fingerprint density at radius 2 is 2.15 bits per heavy atom. The lowest BCUT2D eigenvalue weighted by Gasteiger charge is -2.16. The second kappa shape index (κ2) is 7.50. The maximum Gasteiger partial charge on any atom is 0.0898 e. The van der Waals surface area contributed by atoms with Crippen LogP contribution in [-0.4, -0.2) is 16.5 Å². The van der Waals surface area contributed by atoms with E-state index in [-0.39, 0.29) is 6.04 Å². The van der Waals surface area contributed by atoms with Gasteiger partial charge in [0, 0.05) is 23.7 Å². The molecular weight excluding hydrogens is 266 g/mol. The Bertz CT molecular complexity index is 519. The fourth-order valence-corrected chi connectivity index (χ4v) is 2.80. The Kier molecular flexibility index (Phi) is 5.68. The molecule has 0 aromatic carbocycles. The Morgan fingerprint density at radius 3 is 2.70 bits per heavy atom. The number of aromatic nitrogens is 2. The standard InChI is InChI=1S/C16H23N3S/c1-4-8-17-15(16-11-20-12(3)19-16)9-14-7-6-13(5-2)10-18-14/h6-7,10-11,15,17H,4-5,8-9H2,1-3H3. The summed E-state index contributed by atoms with van der Waals surface area (Å²) in [5.74, 6) is 0. The summed E-state index contributed by atoms with van der Waals surface area (Å²) in [4.78, 5) is 9.19. The SMILES string of the molecule is CCCNC(Cc1ccc(CC)cn1)c1csc(C)n1. The van der Waals surface area contributed by atoms with E-state index in [1.807, 2.05) is 6.20 Å². The first kappa shape index (κ1) is 15.1. The van der Waals surface area contributed by atoms with Crippen LogP contribution in [0.5, 0.6) is 0 Å². The maximum atomic E-state index is 4.62. The minimum atomic E-state index is 0.264. The monoisotopic (exact) mass is 289 g/mol. The van der Waals surface area contributed by atoms with E-state index in [9.17, 15) is 0 Å². The number of nitrogens with zero attached hydrogens (tertiary/aromatic N) is 2. The fraction of sp³-hybridized carbons (Fsp3) is 0.500. The summed E-state index contributed by atoms with van der Waals surface area (Å²) in [6.45, 7) is 7.40. The van der Waals surface area contributed by atoms with Crippen molar-refractivity contribution < 1.29 is 0 Å². The van der Waals surface area contributed by atoms with Crippen LogP contribution in [0.3, 0.4) is 0 Å². The summed E-state index contributed by atoms with van der Waals surface area (Å²) in [5, 5.41) is 6.86. The number of hydrogen-bond acceptors (Lipinski definition) is 4. The number of aryl methyl sites for hydroxylation is 2. The van der Waals surface area contributed by atoms with Gasteiger partial charge in [-0.05, 0) is 37.9 Å². The quantitative estimate of drug-likeness (QED) is 0.844. The van der Waals surface area contributed by atoms with Crippen LogP contribution in [0.15, 0.2) is 23.7 Å².